The Hall–Kier alpha value is -2.66. The van der Waals surface area contributed by atoms with Gasteiger partial charge in [0.25, 0.3) is 5.91 Å². The normalized spacial score (nSPS) is 10.5. The van der Waals surface area contributed by atoms with Crippen molar-refractivity contribution in [1.29, 1.82) is 0 Å². The fourth-order valence-corrected chi connectivity index (χ4v) is 2.36. The van der Waals surface area contributed by atoms with Crippen molar-refractivity contribution in [1.82, 2.24) is 10.2 Å². The molecule has 5 nitrogen and oxygen atoms in total. The highest BCUT2D eigenvalue weighted by Crippen LogP contribution is 2.10. The lowest BCUT2D eigenvalue weighted by Crippen LogP contribution is -2.29. The van der Waals surface area contributed by atoms with Crippen LogP contribution in [0.1, 0.15) is 21.5 Å². The Morgan fingerprint density at radius 2 is 1.62 bits per heavy atom. The van der Waals surface area contributed by atoms with Crippen molar-refractivity contribution in [3.63, 3.8) is 0 Å². The molecular weight excluding hydrogens is 302 g/mol. The molecule has 0 aromatic heterocycles. The summed E-state index contributed by atoms with van der Waals surface area (Å²) in [7, 11) is 3.50. The first-order valence-corrected chi connectivity index (χ1v) is 7.84. The lowest BCUT2D eigenvalue weighted by molar-refractivity contribution is -0.117. The number of hydrogen-bond acceptors (Lipinski definition) is 3. The average Bonchev–Trinajstić information content (AvgIpc) is 2.56. The molecule has 0 saturated carbocycles. The van der Waals surface area contributed by atoms with Gasteiger partial charge in [0.2, 0.25) is 5.91 Å². The number of rotatable bonds is 6. The molecule has 0 fully saturated rings. The summed E-state index contributed by atoms with van der Waals surface area (Å²) < 4.78 is 0. The quantitative estimate of drug-likeness (QED) is 0.857. The third-order valence-corrected chi connectivity index (χ3v) is 3.64. The Morgan fingerprint density at radius 1 is 1.00 bits per heavy atom. The standard InChI is InChI=1S/C19H23N3O2/c1-14-4-6-15(7-5-14)12-22(3)13-18(23)21-17-10-8-16(9-11-17)19(24)20-2/h4-11H,12-13H2,1-3H3,(H,20,24)(H,21,23). The summed E-state index contributed by atoms with van der Waals surface area (Å²) in [5.74, 6) is -0.233. The van der Waals surface area contributed by atoms with Gasteiger partial charge in [0.05, 0.1) is 6.54 Å². The van der Waals surface area contributed by atoms with Gasteiger partial charge >= 0.3 is 0 Å². The van der Waals surface area contributed by atoms with Crippen molar-refractivity contribution < 1.29 is 9.59 Å². The van der Waals surface area contributed by atoms with Crippen molar-refractivity contribution in [2.45, 2.75) is 13.5 Å². The van der Waals surface area contributed by atoms with Gasteiger partial charge in [-0.15, -0.1) is 0 Å². The highest BCUT2D eigenvalue weighted by atomic mass is 16.2. The van der Waals surface area contributed by atoms with Crippen LogP contribution in [0.15, 0.2) is 48.5 Å². The molecule has 126 valence electrons. The minimum absolute atomic E-state index is 0.0858. The predicted molar refractivity (Wildman–Crippen MR) is 96.0 cm³/mol. The van der Waals surface area contributed by atoms with Crippen LogP contribution in [0.3, 0.4) is 0 Å². The second-order valence-electron chi connectivity index (χ2n) is 5.86. The van der Waals surface area contributed by atoms with E-state index < -0.39 is 0 Å². The molecule has 2 rings (SSSR count). The molecule has 0 bridgehead atoms. The van der Waals surface area contributed by atoms with Gasteiger partial charge in [0.15, 0.2) is 0 Å². The van der Waals surface area contributed by atoms with Crippen molar-refractivity contribution >= 4 is 17.5 Å². The van der Waals surface area contributed by atoms with Crippen LogP contribution in [0.5, 0.6) is 0 Å². The van der Waals surface area contributed by atoms with E-state index in [1.165, 1.54) is 11.1 Å². The molecule has 24 heavy (non-hydrogen) atoms. The van der Waals surface area contributed by atoms with Gasteiger partial charge in [0.1, 0.15) is 0 Å². The molecule has 2 aromatic rings. The van der Waals surface area contributed by atoms with E-state index in [-0.39, 0.29) is 11.8 Å². The van der Waals surface area contributed by atoms with E-state index in [2.05, 4.69) is 41.8 Å². The molecule has 2 N–H and O–H groups in total. The van der Waals surface area contributed by atoms with Gasteiger partial charge < -0.3 is 10.6 Å². The summed E-state index contributed by atoms with van der Waals surface area (Å²) >= 11 is 0. The topological polar surface area (TPSA) is 61.4 Å². The molecule has 2 amide bonds. The fourth-order valence-electron chi connectivity index (χ4n) is 2.36. The Labute approximate surface area is 142 Å². The van der Waals surface area contributed by atoms with Crippen LogP contribution in [-0.4, -0.2) is 37.4 Å². The Balaban J connectivity index is 1.85. The summed E-state index contributed by atoms with van der Waals surface area (Å²) in [5, 5.41) is 5.40. The van der Waals surface area contributed by atoms with E-state index in [1.54, 1.807) is 31.3 Å². The summed E-state index contributed by atoms with van der Waals surface area (Å²) in [4.78, 5) is 25.5. The van der Waals surface area contributed by atoms with Crippen LogP contribution in [0.25, 0.3) is 0 Å². The zero-order chi connectivity index (χ0) is 17.5. The van der Waals surface area contributed by atoms with Crippen molar-refractivity contribution in [3.8, 4) is 0 Å². The maximum Gasteiger partial charge on any atom is 0.251 e. The van der Waals surface area contributed by atoms with E-state index >= 15 is 0 Å². The van der Waals surface area contributed by atoms with Gasteiger partial charge in [-0.05, 0) is 43.8 Å². The first kappa shape index (κ1) is 17.7. The van der Waals surface area contributed by atoms with E-state index in [9.17, 15) is 9.59 Å². The number of carbonyl (C=O) groups is 2. The number of likely N-dealkylation sites (N-methyl/N-ethyl adjacent to an activating group) is 1. The second kappa shape index (κ2) is 8.26. The van der Waals surface area contributed by atoms with E-state index in [0.717, 1.165) is 0 Å². The number of benzene rings is 2. The molecular formula is C19H23N3O2. The van der Waals surface area contributed by atoms with Crippen LogP contribution in [0.4, 0.5) is 5.69 Å². The van der Waals surface area contributed by atoms with E-state index in [0.29, 0.717) is 24.3 Å². The number of aryl methyl sites for hydroxylation is 1. The van der Waals surface area contributed by atoms with Gasteiger partial charge in [-0.25, -0.2) is 0 Å². The fraction of sp³-hybridized carbons (Fsp3) is 0.263. The molecule has 0 aliphatic heterocycles. The molecule has 0 heterocycles. The molecule has 0 aliphatic carbocycles. The molecule has 0 aliphatic rings. The highest BCUT2D eigenvalue weighted by Gasteiger charge is 2.08. The van der Waals surface area contributed by atoms with Crippen molar-refractivity contribution in [3.05, 3.63) is 65.2 Å². The van der Waals surface area contributed by atoms with Crippen LogP contribution in [0.2, 0.25) is 0 Å². The maximum absolute atomic E-state index is 12.1. The number of amides is 2. The smallest absolute Gasteiger partial charge is 0.251 e. The molecule has 0 radical (unpaired) electrons. The minimum atomic E-state index is -0.147. The third-order valence-electron chi connectivity index (χ3n) is 3.64. The first-order valence-electron chi connectivity index (χ1n) is 7.84. The maximum atomic E-state index is 12.1. The number of nitrogens with zero attached hydrogens (tertiary/aromatic N) is 1. The molecule has 0 saturated heterocycles. The Bertz CT molecular complexity index is 694. The molecule has 0 atom stereocenters. The van der Waals surface area contributed by atoms with Gasteiger partial charge in [-0.3, -0.25) is 14.5 Å². The van der Waals surface area contributed by atoms with Gasteiger partial charge in [0, 0.05) is 24.8 Å². The van der Waals surface area contributed by atoms with Crippen LogP contribution < -0.4 is 10.6 Å². The highest BCUT2D eigenvalue weighted by molar-refractivity contribution is 5.96. The summed E-state index contributed by atoms with van der Waals surface area (Å²) in [6.07, 6.45) is 0. The molecule has 0 spiro atoms. The van der Waals surface area contributed by atoms with Crippen LogP contribution in [0, 0.1) is 6.92 Å². The number of carbonyl (C=O) groups excluding carboxylic acids is 2. The summed E-state index contributed by atoms with van der Waals surface area (Å²) in [5.41, 5.74) is 3.63. The lowest BCUT2D eigenvalue weighted by atomic mass is 10.1. The Morgan fingerprint density at radius 3 is 2.21 bits per heavy atom. The number of anilines is 1. The Kier molecular flexibility index (Phi) is 6.09. The van der Waals surface area contributed by atoms with Gasteiger partial charge in [-0.2, -0.15) is 0 Å². The van der Waals surface area contributed by atoms with Crippen LogP contribution >= 0.6 is 0 Å². The largest absolute Gasteiger partial charge is 0.355 e. The number of nitrogens with one attached hydrogen (secondary N) is 2. The van der Waals surface area contributed by atoms with Crippen molar-refractivity contribution in [2.75, 3.05) is 26.0 Å². The predicted octanol–water partition coefficient (Wildman–Crippen LogP) is 2.43. The SMILES string of the molecule is CNC(=O)c1ccc(NC(=O)CN(C)Cc2ccc(C)cc2)cc1. The molecule has 5 heteroatoms. The average molecular weight is 325 g/mol. The minimum Gasteiger partial charge on any atom is -0.355 e. The zero-order valence-electron chi connectivity index (χ0n) is 14.3. The van der Waals surface area contributed by atoms with Crippen LogP contribution in [-0.2, 0) is 11.3 Å². The van der Waals surface area contributed by atoms with Gasteiger partial charge in [-0.1, -0.05) is 29.8 Å². The molecule has 2 aromatic carbocycles. The van der Waals surface area contributed by atoms with Crippen molar-refractivity contribution in [2.24, 2.45) is 0 Å². The number of hydrogen-bond donors (Lipinski definition) is 2. The summed E-state index contributed by atoms with van der Waals surface area (Å²) in [6, 6.07) is 15.1. The second-order valence-corrected chi connectivity index (χ2v) is 5.86. The molecule has 0 unspecified atom stereocenters. The summed E-state index contributed by atoms with van der Waals surface area (Å²) in [6.45, 7) is 3.06. The monoisotopic (exact) mass is 325 g/mol. The van der Waals surface area contributed by atoms with E-state index in [4.69, 9.17) is 0 Å². The zero-order valence-corrected chi connectivity index (χ0v) is 14.3. The lowest BCUT2D eigenvalue weighted by Gasteiger charge is -2.16. The first-order chi connectivity index (χ1) is 11.5. The van der Waals surface area contributed by atoms with E-state index in [1.807, 2.05) is 11.9 Å². The third kappa shape index (κ3) is 5.21.